The summed E-state index contributed by atoms with van der Waals surface area (Å²) in [5, 5.41) is 0. The van der Waals surface area contributed by atoms with Gasteiger partial charge in [0.25, 0.3) is 0 Å². The van der Waals surface area contributed by atoms with E-state index in [1.807, 2.05) is 0 Å². The van der Waals surface area contributed by atoms with Crippen LogP contribution in [0.1, 0.15) is 46.5 Å². The van der Waals surface area contributed by atoms with Crippen molar-refractivity contribution in [2.24, 2.45) is 5.92 Å². The largest absolute Gasteiger partial charge is 0.373 e. The van der Waals surface area contributed by atoms with Crippen molar-refractivity contribution in [2.75, 3.05) is 13.1 Å². The Morgan fingerprint density at radius 2 is 1.67 bits per heavy atom. The molecule has 88 valence electrons. The molecule has 1 saturated heterocycles. The van der Waals surface area contributed by atoms with E-state index in [-0.39, 0.29) is 0 Å². The predicted molar refractivity (Wildman–Crippen MR) is 63.0 cm³/mol. The normalized spacial score (nSPS) is 44.2. The fourth-order valence-electron chi connectivity index (χ4n) is 3.25. The Balaban J connectivity index is 1.91. The van der Waals surface area contributed by atoms with Gasteiger partial charge >= 0.3 is 0 Å². The maximum Gasteiger partial charge on any atom is 0.0678 e. The van der Waals surface area contributed by atoms with Crippen molar-refractivity contribution in [1.82, 2.24) is 4.90 Å². The Labute approximate surface area is 94.0 Å². The second kappa shape index (κ2) is 4.84. The van der Waals surface area contributed by atoms with Gasteiger partial charge in [-0.2, -0.15) is 0 Å². The van der Waals surface area contributed by atoms with Gasteiger partial charge < -0.3 is 4.74 Å². The smallest absolute Gasteiger partial charge is 0.0678 e. The quantitative estimate of drug-likeness (QED) is 0.661. The molecule has 1 aliphatic carbocycles. The Morgan fingerprint density at radius 1 is 1.00 bits per heavy atom. The zero-order chi connectivity index (χ0) is 10.8. The van der Waals surface area contributed by atoms with Crippen LogP contribution in [0, 0.1) is 5.92 Å². The van der Waals surface area contributed by atoms with Crippen LogP contribution >= 0.6 is 0 Å². The Morgan fingerprint density at radius 3 is 2.27 bits per heavy atom. The van der Waals surface area contributed by atoms with Crippen LogP contribution in [0.25, 0.3) is 0 Å². The molecule has 15 heavy (non-hydrogen) atoms. The molecule has 0 bridgehead atoms. The summed E-state index contributed by atoms with van der Waals surface area (Å²) >= 11 is 0. The van der Waals surface area contributed by atoms with Crippen LogP contribution in [0.2, 0.25) is 0 Å². The lowest BCUT2D eigenvalue weighted by Crippen LogP contribution is -2.51. The summed E-state index contributed by atoms with van der Waals surface area (Å²) in [4.78, 5) is 2.68. The average Bonchev–Trinajstić information content (AvgIpc) is 2.16. The summed E-state index contributed by atoms with van der Waals surface area (Å²) in [7, 11) is 0. The highest BCUT2D eigenvalue weighted by molar-refractivity contribution is 4.83. The molecule has 1 heterocycles. The summed E-state index contributed by atoms with van der Waals surface area (Å²) < 4.78 is 5.79. The minimum absolute atomic E-state index is 0.422. The SMILES string of the molecule is C[C@@H]1CCC[C@H](N2C[C@@H](C)O[C@@H](C)C2)C1. The third-order valence-electron chi connectivity index (χ3n) is 3.87. The molecule has 0 spiro atoms. The van der Waals surface area contributed by atoms with Crippen molar-refractivity contribution in [3.8, 4) is 0 Å². The highest BCUT2D eigenvalue weighted by Crippen LogP contribution is 2.29. The molecule has 0 radical (unpaired) electrons. The lowest BCUT2D eigenvalue weighted by atomic mass is 9.86. The van der Waals surface area contributed by atoms with E-state index in [0.717, 1.165) is 25.0 Å². The van der Waals surface area contributed by atoms with E-state index < -0.39 is 0 Å². The highest BCUT2D eigenvalue weighted by Gasteiger charge is 2.30. The van der Waals surface area contributed by atoms with Crippen LogP contribution in [0.3, 0.4) is 0 Å². The molecule has 2 heteroatoms. The average molecular weight is 211 g/mol. The zero-order valence-electron chi connectivity index (χ0n) is 10.4. The number of rotatable bonds is 1. The molecular weight excluding hydrogens is 186 g/mol. The first-order valence-electron chi connectivity index (χ1n) is 6.54. The van der Waals surface area contributed by atoms with Gasteiger partial charge in [-0.15, -0.1) is 0 Å². The molecule has 0 amide bonds. The molecule has 0 aromatic rings. The van der Waals surface area contributed by atoms with Crippen molar-refractivity contribution < 1.29 is 4.74 Å². The van der Waals surface area contributed by atoms with Crippen LogP contribution in [0.4, 0.5) is 0 Å². The molecule has 1 saturated carbocycles. The van der Waals surface area contributed by atoms with Gasteiger partial charge in [0.1, 0.15) is 0 Å². The standard InChI is InChI=1S/C13H25NO/c1-10-5-4-6-13(7-10)14-8-11(2)15-12(3)9-14/h10-13H,4-9H2,1-3H3/t10-,11-,12+,13+/m1/s1. The number of hydrogen-bond acceptors (Lipinski definition) is 2. The first kappa shape index (κ1) is 11.4. The summed E-state index contributed by atoms with van der Waals surface area (Å²) in [5.41, 5.74) is 0. The molecular formula is C13H25NO. The molecule has 0 aromatic heterocycles. The van der Waals surface area contributed by atoms with Crippen molar-refractivity contribution >= 4 is 0 Å². The van der Waals surface area contributed by atoms with E-state index in [1.54, 1.807) is 0 Å². The Kier molecular flexibility index (Phi) is 3.68. The first-order valence-corrected chi connectivity index (χ1v) is 6.54. The van der Waals surface area contributed by atoms with E-state index in [9.17, 15) is 0 Å². The Bertz CT molecular complexity index is 197. The number of hydrogen-bond donors (Lipinski definition) is 0. The molecule has 2 nitrogen and oxygen atoms in total. The van der Waals surface area contributed by atoms with E-state index >= 15 is 0 Å². The van der Waals surface area contributed by atoms with Crippen molar-refractivity contribution in [2.45, 2.75) is 64.7 Å². The predicted octanol–water partition coefficient (Wildman–Crippen LogP) is 2.67. The monoisotopic (exact) mass is 211 g/mol. The van der Waals surface area contributed by atoms with Crippen LogP contribution in [-0.2, 0) is 4.74 Å². The number of nitrogens with zero attached hydrogens (tertiary/aromatic N) is 1. The maximum absolute atomic E-state index is 5.79. The van der Waals surface area contributed by atoms with Gasteiger partial charge in [0, 0.05) is 19.1 Å². The zero-order valence-corrected chi connectivity index (χ0v) is 10.4. The van der Waals surface area contributed by atoms with Gasteiger partial charge in [-0.3, -0.25) is 4.90 Å². The lowest BCUT2D eigenvalue weighted by molar-refractivity contribution is -0.0858. The molecule has 2 aliphatic rings. The second-order valence-corrected chi connectivity index (χ2v) is 5.64. The van der Waals surface area contributed by atoms with E-state index in [0.29, 0.717) is 12.2 Å². The lowest BCUT2D eigenvalue weighted by Gasteiger charge is -2.42. The van der Waals surface area contributed by atoms with Gasteiger partial charge in [-0.25, -0.2) is 0 Å². The molecule has 1 aliphatic heterocycles. The van der Waals surface area contributed by atoms with E-state index in [4.69, 9.17) is 4.74 Å². The minimum atomic E-state index is 0.422. The fraction of sp³-hybridized carbons (Fsp3) is 1.00. The highest BCUT2D eigenvalue weighted by atomic mass is 16.5. The first-order chi connectivity index (χ1) is 7.15. The topological polar surface area (TPSA) is 12.5 Å². The van der Waals surface area contributed by atoms with Crippen LogP contribution in [0.5, 0.6) is 0 Å². The van der Waals surface area contributed by atoms with Gasteiger partial charge in [-0.1, -0.05) is 19.8 Å². The van der Waals surface area contributed by atoms with Crippen LogP contribution < -0.4 is 0 Å². The van der Waals surface area contributed by atoms with Crippen molar-refractivity contribution in [1.29, 1.82) is 0 Å². The van der Waals surface area contributed by atoms with Crippen LogP contribution in [-0.4, -0.2) is 36.2 Å². The maximum atomic E-state index is 5.79. The molecule has 0 unspecified atom stereocenters. The summed E-state index contributed by atoms with van der Waals surface area (Å²) in [6, 6.07) is 0.836. The van der Waals surface area contributed by atoms with Crippen molar-refractivity contribution in [3.63, 3.8) is 0 Å². The Hall–Kier alpha value is -0.0800. The third kappa shape index (κ3) is 2.94. The fourth-order valence-corrected chi connectivity index (χ4v) is 3.25. The van der Waals surface area contributed by atoms with Crippen molar-refractivity contribution in [3.05, 3.63) is 0 Å². The minimum Gasteiger partial charge on any atom is -0.373 e. The van der Waals surface area contributed by atoms with Gasteiger partial charge in [0.2, 0.25) is 0 Å². The van der Waals surface area contributed by atoms with E-state index in [1.165, 1.54) is 25.7 Å². The van der Waals surface area contributed by atoms with Crippen LogP contribution in [0.15, 0.2) is 0 Å². The molecule has 2 rings (SSSR count). The number of ether oxygens (including phenoxy) is 1. The molecule has 4 atom stereocenters. The third-order valence-corrected chi connectivity index (χ3v) is 3.87. The van der Waals surface area contributed by atoms with Gasteiger partial charge in [0.05, 0.1) is 12.2 Å². The molecule has 2 fully saturated rings. The second-order valence-electron chi connectivity index (χ2n) is 5.64. The van der Waals surface area contributed by atoms with Gasteiger partial charge in [-0.05, 0) is 32.6 Å². The molecule has 0 aromatic carbocycles. The summed E-state index contributed by atoms with van der Waals surface area (Å²) in [5.74, 6) is 0.928. The number of morpholine rings is 1. The summed E-state index contributed by atoms with van der Waals surface area (Å²) in [6.45, 7) is 9.09. The molecule has 0 N–H and O–H groups in total. The van der Waals surface area contributed by atoms with E-state index in [2.05, 4.69) is 25.7 Å². The summed E-state index contributed by atoms with van der Waals surface area (Å²) in [6.07, 6.45) is 6.51. The van der Waals surface area contributed by atoms with Gasteiger partial charge in [0.15, 0.2) is 0 Å².